The van der Waals surface area contributed by atoms with Crippen molar-refractivity contribution in [3.63, 3.8) is 0 Å². The Hall–Kier alpha value is -2.48. The first kappa shape index (κ1) is 16.0. The smallest absolute Gasteiger partial charge is 0.263 e. The molecule has 2 amide bonds. The number of rotatable bonds is 4. The van der Waals surface area contributed by atoms with Crippen LogP contribution in [0.4, 0.5) is 0 Å². The summed E-state index contributed by atoms with van der Waals surface area (Å²) in [5, 5.41) is 3.04. The zero-order chi connectivity index (χ0) is 17.6. The molecule has 1 atom stereocenters. The summed E-state index contributed by atoms with van der Waals surface area (Å²) in [6.45, 7) is 0. The number of nitrogens with two attached hydrogens (primary N) is 1. The minimum Gasteiger partial charge on any atom is -0.365 e. The summed E-state index contributed by atoms with van der Waals surface area (Å²) < 4.78 is 0. The number of primary amides is 1. The SMILES string of the molecule is NC(=O)c1cc2c([nH]c1=O)CCCC2NC(=O)c1scnc1C1CC1. The second kappa shape index (κ2) is 6.11. The molecule has 0 radical (unpaired) electrons. The van der Waals surface area contributed by atoms with E-state index >= 15 is 0 Å². The number of hydrogen-bond acceptors (Lipinski definition) is 5. The molecule has 0 bridgehead atoms. The zero-order valence-corrected chi connectivity index (χ0v) is 14.3. The molecule has 4 rings (SSSR count). The van der Waals surface area contributed by atoms with Crippen LogP contribution in [-0.4, -0.2) is 21.8 Å². The van der Waals surface area contributed by atoms with Crippen LogP contribution in [0.2, 0.25) is 0 Å². The molecule has 2 aromatic rings. The van der Waals surface area contributed by atoms with Crippen LogP contribution < -0.4 is 16.6 Å². The molecule has 4 N–H and O–H groups in total. The largest absolute Gasteiger partial charge is 0.365 e. The Kier molecular flexibility index (Phi) is 3.91. The van der Waals surface area contributed by atoms with Gasteiger partial charge in [0.25, 0.3) is 17.4 Å². The van der Waals surface area contributed by atoms with Crippen LogP contribution in [0.1, 0.15) is 74.6 Å². The summed E-state index contributed by atoms with van der Waals surface area (Å²) in [5.74, 6) is -0.504. The van der Waals surface area contributed by atoms with E-state index in [-0.39, 0.29) is 17.5 Å². The van der Waals surface area contributed by atoms with E-state index in [1.807, 2.05) is 0 Å². The highest BCUT2D eigenvalue weighted by Gasteiger charge is 2.32. The Bertz CT molecular complexity index is 913. The molecule has 1 unspecified atom stereocenters. The first-order valence-corrected chi connectivity index (χ1v) is 9.22. The van der Waals surface area contributed by atoms with Crippen LogP contribution in [0.5, 0.6) is 0 Å². The van der Waals surface area contributed by atoms with Crippen LogP contribution in [0.15, 0.2) is 16.4 Å². The summed E-state index contributed by atoms with van der Waals surface area (Å²) in [5.41, 5.74) is 8.86. The Morgan fingerprint density at radius 3 is 2.84 bits per heavy atom. The maximum Gasteiger partial charge on any atom is 0.263 e. The van der Waals surface area contributed by atoms with Crippen molar-refractivity contribution in [2.24, 2.45) is 5.73 Å². The lowest BCUT2D eigenvalue weighted by molar-refractivity contribution is 0.0935. The van der Waals surface area contributed by atoms with E-state index in [0.29, 0.717) is 17.2 Å². The topological polar surface area (TPSA) is 118 Å². The van der Waals surface area contributed by atoms with E-state index in [2.05, 4.69) is 15.3 Å². The first-order valence-electron chi connectivity index (χ1n) is 8.34. The molecule has 2 aromatic heterocycles. The molecular weight excluding hydrogens is 340 g/mol. The monoisotopic (exact) mass is 358 g/mol. The van der Waals surface area contributed by atoms with Gasteiger partial charge in [-0.15, -0.1) is 11.3 Å². The molecular formula is C17H18N4O3S. The number of nitrogens with one attached hydrogen (secondary N) is 2. The van der Waals surface area contributed by atoms with E-state index in [9.17, 15) is 14.4 Å². The lowest BCUT2D eigenvalue weighted by Crippen LogP contribution is -2.34. The molecule has 2 heterocycles. The summed E-state index contributed by atoms with van der Waals surface area (Å²) >= 11 is 1.35. The third-order valence-electron chi connectivity index (χ3n) is 4.79. The van der Waals surface area contributed by atoms with Crippen molar-refractivity contribution in [3.05, 3.63) is 49.3 Å². The third-order valence-corrected chi connectivity index (χ3v) is 5.63. The summed E-state index contributed by atoms with van der Waals surface area (Å²) in [4.78, 5) is 43.8. The minimum absolute atomic E-state index is 0.0728. The van der Waals surface area contributed by atoms with E-state index in [1.54, 1.807) is 5.51 Å². The second-order valence-electron chi connectivity index (χ2n) is 6.57. The fourth-order valence-corrected chi connectivity index (χ4v) is 4.15. The number of aromatic amines is 1. The zero-order valence-electron chi connectivity index (χ0n) is 13.5. The number of aryl methyl sites for hydroxylation is 1. The van der Waals surface area contributed by atoms with Gasteiger partial charge in [0, 0.05) is 11.6 Å². The van der Waals surface area contributed by atoms with Crippen molar-refractivity contribution in [3.8, 4) is 0 Å². The Morgan fingerprint density at radius 1 is 1.32 bits per heavy atom. The highest BCUT2D eigenvalue weighted by molar-refractivity contribution is 7.11. The second-order valence-corrected chi connectivity index (χ2v) is 7.42. The van der Waals surface area contributed by atoms with E-state index < -0.39 is 11.5 Å². The van der Waals surface area contributed by atoms with Gasteiger partial charge in [-0.2, -0.15) is 0 Å². The summed E-state index contributed by atoms with van der Waals surface area (Å²) in [7, 11) is 0. The van der Waals surface area contributed by atoms with Crippen LogP contribution >= 0.6 is 11.3 Å². The number of aromatic nitrogens is 2. The van der Waals surface area contributed by atoms with Gasteiger partial charge in [-0.1, -0.05) is 0 Å². The predicted octanol–water partition coefficient (Wildman–Crippen LogP) is 1.62. The lowest BCUT2D eigenvalue weighted by Gasteiger charge is -2.26. The summed E-state index contributed by atoms with van der Waals surface area (Å²) in [6, 6.07) is 1.27. The molecule has 1 saturated carbocycles. The maximum absolute atomic E-state index is 12.7. The van der Waals surface area contributed by atoms with E-state index in [4.69, 9.17) is 5.73 Å². The van der Waals surface area contributed by atoms with Crippen molar-refractivity contribution >= 4 is 23.2 Å². The van der Waals surface area contributed by atoms with Crippen LogP contribution in [0.3, 0.4) is 0 Å². The minimum atomic E-state index is -0.766. The number of nitrogens with zero attached hydrogens (tertiary/aromatic N) is 1. The number of carbonyl (C=O) groups is 2. The fraction of sp³-hybridized carbons (Fsp3) is 0.412. The van der Waals surface area contributed by atoms with Gasteiger partial charge < -0.3 is 16.0 Å². The number of amides is 2. The van der Waals surface area contributed by atoms with Gasteiger partial charge in [0.15, 0.2) is 0 Å². The Balaban J connectivity index is 1.63. The van der Waals surface area contributed by atoms with Crippen molar-refractivity contribution < 1.29 is 9.59 Å². The lowest BCUT2D eigenvalue weighted by atomic mass is 9.90. The van der Waals surface area contributed by atoms with Gasteiger partial charge in [0.2, 0.25) is 0 Å². The number of pyridine rings is 1. The van der Waals surface area contributed by atoms with Crippen LogP contribution in [-0.2, 0) is 6.42 Å². The Morgan fingerprint density at radius 2 is 2.12 bits per heavy atom. The van der Waals surface area contributed by atoms with Gasteiger partial charge in [0.05, 0.1) is 17.2 Å². The van der Waals surface area contributed by atoms with Gasteiger partial charge in [-0.3, -0.25) is 14.4 Å². The molecule has 0 aliphatic heterocycles. The molecule has 25 heavy (non-hydrogen) atoms. The van der Waals surface area contributed by atoms with Gasteiger partial charge in [-0.05, 0) is 43.7 Å². The van der Waals surface area contributed by atoms with Gasteiger partial charge in [-0.25, -0.2) is 4.98 Å². The standard InChI is InChI=1S/C17H18N4O3S/c18-15(22)10-6-9-11(20-16(10)23)2-1-3-12(9)21-17(24)14-13(8-4-5-8)19-7-25-14/h6-8,12H,1-5H2,(H2,18,22)(H,20,23)(H,21,24). The van der Waals surface area contributed by atoms with E-state index in [1.165, 1.54) is 17.4 Å². The highest BCUT2D eigenvalue weighted by Crippen LogP contribution is 2.42. The maximum atomic E-state index is 12.7. The predicted molar refractivity (Wildman–Crippen MR) is 92.8 cm³/mol. The summed E-state index contributed by atoms with van der Waals surface area (Å²) in [6.07, 6.45) is 4.48. The van der Waals surface area contributed by atoms with Crippen molar-refractivity contribution in [1.29, 1.82) is 0 Å². The number of hydrogen-bond donors (Lipinski definition) is 3. The van der Waals surface area contributed by atoms with Gasteiger partial charge in [0.1, 0.15) is 10.4 Å². The number of H-pyrrole nitrogens is 1. The fourth-order valence-electron chi connectivity index (χ4n) is 3.37. The molecule has 8 heteroatoms. The number of thiazole rings is 1. The van der Waals surface area contributed by atoms with Crippen molar-refractivity contribution in [2.45, 2.75) is 44.1 Å². The molecule has 1 fully saturated rings. The normalized spacial score (nSPS) is 19.3. The average molecular weight is 358 g/mol. The number of carbonyl (C=O) groups excluding carboxylic acids is 2. The molecule has 0 saturated heterocycles. The van der Waals surface area contributed by atoms with E-state index in [0.717, 1.165) is 42.6 Å². The molecule has 130 valence electrons. The Labute approximate surface area is 147 Å². The molecule has 0 spiro atoms. The van der Waals surface area contributed by atoms with Crippen LogP contribution in [0.25, 0.3) is 0 Å². The van der Waals surface area contributed by atoms with Crippen molar-refractivity contribution in [1.82, 2.24) is 15.3 Å². The molecule has 2 aliphatic rings. The molecule has 2 aliphatic carbocycles. The number of fused-ring (bicyclic) bond motifs is 1. The van der Waals surface area contributed by atoms with Crippen LogP contribution in [0, 0.1) is 0 Å². The first-order chi connectivity index (χ1) is 12.0. The van der Waals surface area contributed by atoms with Gasteiger partial charge >= 0.3 is 0 Å². The quantitative estimate of drug-likeness (QED) is 0.769. The molecule has 0 aromatic carbocycles. The highest BCUT2D eigenvalue weighted by atomic mass is 32.1. The van der Waals surface area contributed by atoms with Crippen molar-refractivity contribution in [2.75, 3.05) is 0 Å². The third kappa shape index (κ3) is 2.97. The average Bonchev–Trinajstić information content (AvgIpc) is 3.30. The molecule has 7 nitrogen and oxygen atoms in total.